The molecule has 26 heavy (non-hydrogen) atoms. The number of amides is 1. The van der Waals surface area contributed by atoms with Crippen molar-refractivity contribution in [3.8, 4) is 11.3 Å². The fraction of sp³-hybridized carbons (Fsp3) is 0.474. The van der Waals surface area contributed by atoms with Crippen LogP contribution in [0.15, 0.2) is 36.5 Å². The average molecular weight is 377 g/mol. The number of nitrogens with one attached hydrogen (secondary N) is 2. The minimum atomic E-state index is -0.915. The van der Waals surface area contributed by atoms with Gasteiger partial charge in [0.15, 0.2) is 0 Å². The van der Waals surface area contributed by atoms with Crippen molar-refractivity contribution in [3.63, 3.8) is 0 Å². The van der Waals surface area contributed by atoms with Gasteiger partial charge in [0.05, 0.1) is 11.8 Å². The molecule has 2 fully saturated rings. The van der Waals surface area contributed by atoms with Crippen molar-refractivity contribution in [2.75, 3.05) is 11.9 Å². The molecule has 0 spiro atoms. The number of anilines is 1. The predicted octanol–water partition coefficient (Wildman–Crippen LogP) is 2.97. The summed E-state index contributed by atoms with van der Waals surface area (Å²) in [6.07, 6.45) is 3.66. The van der Waals surface area contributed by atoms with Gasteiger partial charge < -0.3 is 15.8 Å². The van der Waals surface area contributed by atoms with Crippen LogP contribution in [0.3, 0.4) is 0 Å². The number of nitrogens with two attached hydrogens (primary N) is 1. The van der Waals surface area contributed by atoms with E-state index in [9.17, 15) is 4.79 Å². The number of rotatable bonds is 3. The first-order valence-electron chi connectivity index (χ1n) is 8.76. The van der Waals surface area contributed by atoms with E-state index >= 15 is 0 Å². The molecule has 4 rings (SSSR count). The molecule has 2 heterocycles. The van der Waals surface area contributed by atoms with E-state index in [2.05, 4.69) is 15.5 Å². The first-order valence-corrected chi connectivity index (χ1v) is 8.76. The van der Waals surface area contributed by atoms with Crippen molar-refractivity contribution in [1.29, 1.82) is 0 Å². The number of benzene rings is 1. The second kappa shape index (κ2) is 6.68. The third kappa shape index (κ3) is 2.64. The van der Waals surface area contributed by atoms with Crippen LogP contribution in [-0.2, 0) is 9.53 Å². The largest absolute Gasteiger partial charge is 0.377 e. The molecule has 2 aromatic rings. The second-order valence-corrected chi connectivity index (χ2v) is 7.64. The number of fused-ring (bicyclic) bond motifs is 1. The highest BCUT2D eigenvalue weighted by Gasteiger charge is 2.70. The lowest BCUT2D eigenvalue weighted by Gasteiger charge is -2.65. The van der Waals surface area contributed by atoms with Crippen molar-refractivity contribution >= 4 is 24.0 Å². The Morgan fingerprint density at radius 2 is 2.19 bits per heavy atom. The van der Waals surface area contributed by atoms with E-state index in [1.807, 2.05) is 44.2 Å². The molecule has 1 saturated carbocycles. The van der Waals surface area contributed by atoms with Gasteiger partial charge in [0.25, 0.3) is 0 Å². The third-order valence-corrected chi connectivity index (χ3v) is 5.99. The molecule has 3 atom stereocenters. The summed E-state index contributed by atoms with van der Waals surface area (Å²) in [6, 6.07) is 9.58. The van der Waals surface area contributed by atoms with Crippen molar-refractivity contribution < 1.29 is 9.53 Å². The normalized spacial score (nSPS) is 29.0. The highest BCUT2D eigenvalue weighted by molar-refractivity contribution is 6.00. The summed E-state index contributed by atoms with van der Waals surface area (Å²) in [6.45, 7) is 4.81. The van der Waals surface area contributed by atoms with Crippen LogP contribution in [0.25, 0.3) is 11.3 Å². The molecule has 0 radical (unpaired) electrons. The zero-order valence-electron chi connectivity index (χ0n) is 15.0. The van der Waals surface area contributed by atoms with E-state index in [1.54, 1.807) is 6.20 Å². The summed E-state index contributed by atoms with van der Waals surface area (Å²) in [4.78, 5) is 13.1. The van der Waals surface area contributed by atoms with Gasteiger partial charge in [0, 0.05) is 35.4 Å². The number of aromatic amines is 1. The number of hydrogen-bond donors (Lipinski definition) is 3. The Hall–Kier alpha value is -1.89. The molecule has 0 bridgehead atoms. The van der Waals surface area contributed by atoms with Crippen LogP contribution in [0.4, 0.5) is 5.69 Å². The van der Waals surface area contributed by atoms with Crippen LogP contribution < -0.4 is 11.1 Å². The van der Waals surface area contributed by atoms with Gasteiger partial charge >= 0.3 is 0 Å². The Balaban J connectivity index is 0.00000196. The zero-order chi connectivity index (χ0) is 17.7. The van der Waals surface area contributed by atoms with Gasteiger partial charge in [-0.1, -0.05) is 26.0 Å². The van der Waals surface area contributed by atoms with Gasteiger partial charge in [-0.3, -0.25) is 9.89 Å². The first-order chi connectivity index (χ1) is 11.9. The van der Waals surface area contributed by atoms with E-state index in [0.29, 0.717) is 0 Å². The number of carbonyl (C=O) groups excluding carboxylic acids is 1. The zero-order valence-corrected chi connectivity index (χ0v) is 15.8. The summed E-state index contributed by atoms with van der Waals surface area (Å²) >= 11 is 0. The number of H-pyrrole nitrogens is 1. The molecule has 4 N–H and O–H groups in total. The van der Waals surface area contributed by atoms with Gasteiger partial charge in [0.1, 0.15) is 5.54 Å². The van der Waals surface area contributed by atoms with Crippen LogP contribution in [0.5, 0.6) is 0 Å². The van der Waals surface area contributed by atoms with E-state index in [0.717, 1.165) is 36.4 Å². The number of aromatic nitrogens is 2. The Kier molecular flexibility index (Phi) is 4.86. The lowest BCUT2D eigenvalue weighted by Crippen LogP contribution is -2.81. The summed E-state index contributed by atoms with van der Waals surface area (Å²) in [5.74, 6) is -0.0574. The molecular formula is C19H25ClN4O2. The number of ether oxygens (including phenoxy) is 1. The first kappa shape index (κ1) is 18.9. The standard InChI is InChI=1S/C19H24N4O2.ClH/c1-18(2)16-14(7-4-10-25-16)19(18,20)17(24)22-13-6-3-5-12(11-13)15-8-9-21-23-15;/h3,5-6,8-9,11,14,16H,4,7,10,20H2,1-2H3,(H,21,23)(H,22,24);1H. The Bertz CT molecular complexity index is 793. The number of nitrogens with zero attached hydrogens (tertiary/aromatic N) is 1. The molecule has 140 valence electrons. The summed E-state index contributed by atoms with van der Waals surface area (Å²) in [5.41, 5.74) is 7.96. The highest BCUT2D eigenvalue weighted by atomic mass is 35.5. The van der Waals surface area contributed by atoms with Crippen LogP contribution in [0.2, 0.25) is 0 Å². The van der Waals surface area contributed by atoms with Gasteiger partial charge in [0.2, 0.25) is 5.91 Å². The lowest BCUT2D eigenvalue weighted by molar-refractivity contribution is -0.222. The van der Waals surface area contributed by atoms with Crippen molar-refractivity contribution in [3.05, 3.63) is 36.5 Å². The van der Waals surface area contributed by atoms with Crippen LogP contribution in [-0.4, -0.2) is 34.4 Å². The monoisotopic (exact) mass is 376 g/mol. The minimum absolute atomic E-state index is 0. The summed E-state index contributed by atoms with van der Waals surface area (Å²) < 4.78 is 5.88. The number of halogens is 1. The second-order valence-electron chi connectivity index (χ2n) is 7.64. The molecule has 1 aliphatic heterocycles. The fourth-order valence-corrected chi connectivity index (χ4v) is 4.45. The van der Waals surface area contributed by atoms with Crippen LogP contribution in [0, 0.1) is 11.3 Å². The Morgan fingerprint density at radius 3 is 2.92 bits per heavy atom. The van der Waals surface area contributed by atoms with E-state index in [1.165, 1.54) is 0 Å². The maximum atomic E-state index is 13.1. The number of carbonyl (C=O) groups is 1. The molecule has 1 amide bonds. The topological polar surface area (TPSA) is 93.0 Å². The van der Waals surface area contributed by atoms with E-state index < -0.39 is 5.54 Å². The lowest BCUT2D eigenvalue weighted by atomic mass is 9.46. The Morgan fingerprint density at radius 1 is 1.38 bits per heavy atom. The SMILES string of the molecule is CC1(C)C2OCCCC2C1(N)C(=O)Nc1cccc(-c2ccn[nH]2)c1.Cl. The molecular weight excluding hydrogens is 352 g/mol. The molecule has 6 nitrogen and oxygen atoms in total. The predicted molar refractivity (Wildman–Crippen MR) is 103 cm³/mol. The van der Waals surface area contributed by atoms with E-state index in [4.69, 9.17) is 10.5 Å². The maximum absolute atomic E-state index is 13.1. The third-order valence-electron chi connectivity index (χ3n) is 5.99. The van der Waals surface area contributed by atoms with Gasteiger partial charge in [-0.25, -0.2) is 0 Å². The number of hydrogen-bond acceptors (Lipinski definition) is 4. The Labute approximate surface area is 159 Å². The maximum Gasteiger partial charge on any atom is 0.245 e. The van der Waals surface area contributed by atoms with Crippen LogP contribution >= 0.6 is 12.4 Å². The smallest absolute Gasteiger partial charge is 0.245 e. The van der Waals surface area contributed by atoms with Crippen molar-refractivity contribution in [2.45, 2.75) is 38.3 Å². The molecule has 3 unspecified atom stereocenters. The molecule has 1 saturated heterocycles. The van der Waals surface area contributed by atoms with E-state index in [-0.39, 0.29) is 35.8 Å². The summed E-state index contributed by atoms with van der Waals surface area (Å²) in [5, 5.41) is 9.92. The van der Waals surface area contributed by atoms with Crippen molar-refractivity contribution in [1.82, 2.24) is 10.2 Å². The van der Waals surface area contributed by atoms with Gasteiger partial charge in [-0.2, -0.15) is 5.10 Å². The van der Waals surface area contributed by atoms with Crippen molar-refractivity contribution in [2.24, 2.45) is 17.1 Å². The minimum Gasteiger partial charge on any atom is -0.377 e. The molecule has 1 aromatic heterocycles. The summed E-state index contributed by atoms with van der Waals surface area (Å²) in [7, 11) is 0. The fourth-order valence-electron chi connectivity index (χ4n) is 4.45. The van der Waals surface area contributed by atoms with Gasteiger partial charge in [-0.05, 0) is 31.0 Å². The molecule has 7 heteroatoms. The average Bonchev–Trinajstić information content (AvgIpc) is 3.16. The molecule has 1 aromatic carbocycles. The quantitative estimate of drug-likeness (QED) is 0.767. The molecule has 1 aliphatic carbocycles. The van der Waals surface area contributed by atoms with Crippen LogP contribution in [0.1, 0.15) is 26.7 Å². The molecule has 2 aliphatic rings. The van der Waals surface area contributed by atoms with Gasteiger partial charge in [-0.15, -0.1) is 12.4 Å². The highest BCUT2D eigenvalue weighted by Crippen LogP contribution is 2.57.